The number of benzene rings is 1. The Morgan fingerprint density at radius 1 is 1.35 bits per heavy atom. The van der Waals surface area contributed by atoms with Gasteiger partial charge < -0.3 is 19.9 Å². The number of methoxy groups -OCH3 is 1. The van der Waals surface area contributed by atoms with Crippen molar-refractivity contribution in [1.29, 1.82) is 0 Å². The van der Waals surface area contributed by atoms with Crippen LogP contribution < -0.4 is 10.1 Å². The molecule has 4 heteroatoms. The Kier molecular flexibility index (Phi) is 5.83. The zero-order valence-corrected chi connectivity index (χ0v) is 12.3. The average molecular weight is 279 g/mol. The van der Waals surface area contributed by atoms with Crippen LogP contribution in [0.5, 0.6) is 5.75 Å². The van der Waals surface area contributed by atoms with Crippen LogP contribution in [0.2, 0.25) is 0 Å². The molecule has 1 fully saturated rings. The summed E-state index contributed by atoms with van der Waals surface area (Å²) in [7, 11) is 1.76. The Morgan fingerprint density at radius 3 is 2.85 bits per heavy atom. The molecule has 3 unspecified atom stereocenters. The van der Waals surface area contributed by atoms with Gasteiger partial charge in [-0.25, -0.2) is 0 Å². The molecule has 4 nitrogen and oxygen atoms in total. The minimum absolute atomic E-state index is 0.318. The van der Waals surface area contributed by atoms with Crippen LogP contribution in [0.1, 0.15) is 24.8 Å². The molecule has 0 saturated heterocycles. The molecule has 0 aromatic heterocycles. The molecular weight excluding hydrogens is 254 g/mol. The molecule has 1 aliphatic rings. The smallest absolute Gasteiger partial charge is 0.122 e. The van der Waals surface area contributed by atoms with Crippen molar-refractivity contribution in [2.45, 2.75) is 44.4 Å². The lowest BCUT2D eigenvalue weighted by atomic mass is 10.2. The van der Waals surface area contributed by atoms with E-state index in [2.05, 4.69) is 5.32 Å². The van der Waals surface area contributed by atoms with Crippen molar-refractivity contribution < 1.29 is 14.6 Å². The molecular formula is C16H25NO3. The molecule has 1 aliphatic carbocycles. The van der Waals surface area contributed by atoms with Gasteiger partial charge in [0.1, 0.15) is 18.5 Å². The molecule has 0 bridgehead atoms. The number of hydrogen-bond donors (Lipinski definition) is 2. The summed E-state index contributed by atoms with van der Waals surface area (Å²) in [6.07, 6.45) is 3.12. The van der Waals surface area contributed by atoms with Crippen LogP contribution in [-0.4, -0.2) is 43.6 Å². The van der Waals surface area contributed by atoms with Crippen LogP contribution in [0.4, 0.5) is 0 Å². The monoisotopic (exact) mass is 279 g/mol. The first-order valence-electron chi connectivity index (χ1n) is 7.31. The number of para-hydroxylation sites is 1. The number of aliphatic hydroxyl groups is 1. The zero-order chi connectivity index (χ0) is 14.4. The van der Waals surface area contributed by atoms with E-state index >= 15 is 0 Å². The van der Waals surface area contributed by atoms with E-state index in [0.717, 1.165) is 30.6 Å². The summed E-state index contributed by atoms with van der Waals surface area (Å²) in [6, 6.07) is 8.30. The number of nitrogens with one attached hydrogen (secondary N) is 1. The largest absolute Gasteiger partial charge is 0.491 e. The predicted molar refractivity (Wildman–Crippen MR) is 79.1 cm³/mol. The Balaban J connectivity index is 1.66. The second kappa shape index (κ2) is 7.62. The highest BCUT2D eigenvalue weighted by Gasteiger charge is 2.24. The summed E-state index contributed by atoms with van der Waals surface area (Å²) < 4.78 is 11.0. The predicted octanol–water partition coefficient (Wildman–Crippen LogP) is 1.89. The van der Waals surface area contributed by atoms with Gasteiger partial charge in [0.2, 0.25) is 0 Å². The fourth-order valence-corrected chi connectivity index (χ4v) is 2.61. The van der Waals surface area contributed by atoms with E-state index in [4.69, 9.17) is 9.47 Å². The maximum Gasteiger partial charge on any atom is 0.122 e. The maximum atomic E-state index is 9.97. The van der Waals surface area contributed by atoms with Crippen LogP contribution in [0, 0.1) is 6.92 Å². The lowest BCUT2D eigenvalue weighted by molar-refractivity contribution is 0.0964. The van der Waals surface area contributed by atoms with E-state index in [-0.39, 0.29) is 0 Å². The third kappa shape index (κ3) is 4.47. The van der Waals surface area contributed by atoms with Gasteiger partial charge in [0.25, 0.3) is 0 Å². The summed E-state index contributed by atoms with van der Waals surface area (Å²) in [6.45, 7) is 2.88. The number of aryl methyl sites for hydroxylation is 1. The third-order valence-corrected chi connectivity index (χ3v) is 3.88. The summed E-state index contributed by atoms with van der Waals surface area (Å²) in [4.78, 5) is 0. The first-order chi connectivity index (χ1) is 9.69. The van der Waals surface area contributed by atoms with Gasteiger partial charge in [0.15, 0.2) is 0 Å². The number of aliphatic hydroxyl groups excluding tert-OH is 1. The SMILES string of the molecule is COC1CCC(NCC(O)COc2ccccc2C)C1. The third-order valence-electron chi connectivity index (χ3n) is 3.88. The van der Waals surface area contributed by atoms with Gasteiger partial charge in [-0.3, -0.25) is 0 Å². The Morgan fingerprint density at radius 2 is 2.15 bits per heavy atom. The van der Waals surface area contributed by atoms with E-state index in [1.165, 1.54) is 0 Å². The lowest BCUT2D eigenvalue weighted by Gasteiger charge is -2.17. The average Bonchev–Trinajstić information content (AvgIpc) is 2.92. The summed E-state index contributed by atoms with van der Waals surface area (Å²) in [5, 5.41) is 13.4. The van der Waals surface area contributed by atoms with Gasteiger partial charge >= 0.3 is 0 Å². The molecule has 2 N–H and O–H groups in total. The van der Waals surface area contributed by atoms with Crippen molar-refractivity contribution >= 4 is 0 Å². The van der Waals surface area contributed by atoms with E-state index < -0.39 is 6.10 Å². The minimum atomic E-state index is -0.490. The minimum Gasteiger partial charge on any atom is -0.491 e. The highest BCUT2D eigenvalue weighted by molar-refractivity contribution is 5.31. The van der Waals surface area contributed by atoms with Crippen molar-refractivity contribution in [3.8, 4) is 5.75 Å². The molecule has 0 heterocycles. The Bertz CT molecular complexity index is 410. The van der Waals surface area contributed by atoms with Crippen molar-refractivity contribution in [2.24, 2.45) is 0 Å². The first kappa shape index (κ1) is 15.3. The molecule has 3 atom stereocenters. The zero-order valence-electron chi connectivity index (χ0n) is 12.3. The first-order valence-corrected chi connectivity index (χ1v) is 7.31. The van der Waals surface area contributed by atoms with Crippen LogP contribution >= 0.6 is 0 Å². The van der Waals surface area contributed by atoms with Crippen LogP contribution in [0.25, 0.3) is 0 Å². The Labute approximate surface area is 121 Å². The second-order valence-corrected chi connectivity index (χ2v) is 5.51. The molecule has 20 heavy (non-hydrogen) atoms. The molecule has 112 valence electrons. The fraction of sp³-hybridized carbons (Fsp3) is 0.625. The van der Waals surface area contributed by atoms with Gasteiger partial charge in [0.05, 0.1) is 6.10 Å². The van der Waals surface area contributed by atoms with E-state index in [1.54, 1.807) is 7.11 Å². The van der Waals surface area contributed by atoms with E-state index in [1.807, 2.05) is 31.2 Å². The number of rotatable bonds is 7. The topological polar surface area (TPSA) is 50.7 Å². The molecule has 1 aromatic rings. The summed E-state index contributed by atoms with van der Waals surface area (Å²) in [5.41, 5.74) is 1.09. The van der Waals surface area contributed by atoms with Crippen LogP contribution in [0.3, 0.4) is 0 Å². The van der Waals surface area contributed by atoms with Crippen molar-refractivity contribution in [2.75, 3.05) is 20.3 Å². The van der Waals surface area contributed by atoms with Crippen molar-refractivity contribution in [1.82, 2.24) is 5.32 Å². The van der Waals surface area contributed by atoms with Crippen LogP contribution in [-0.2, 0) is 4.74 Å². The molecule has 0 aliphatic heterocycles. The van der Waals surface area contributed by atoms with Gasteiger partial charge in [-0.1, -0.05) is 18.2 Å². The van der Waals surface area contributed by atoms with Crippen molar-refractivity contribution in [3.05, 3.63) is 29.8 Å². The standard InChI is InChI=1S/C16H25NO3/c1-12-5-3-4-6-16(12)20-11-14(18)10-17-13-7-8-15(9-13)19-2/h3-6,13-15,17-18H,7-11H2,1-2H3. The highest BCUT2D eigenvalue weighted by atomic mass is 16.5. The molecule has 2 rings (SSSR count). The van der Waals surface area contributed by atoms with Gasteiger partial charge in [-0.2, -0.15) is 0 Å². The van der Waals surface area contributed by atoms with Gasteiger partial charge in [-0.15, -0.1) is 0 Å². The molecule has 0 amide bonds. The highest BCUT2D eigenvalue weighted by Crippen LogP contribution is 2.21. The van der Waals surface area contributed by atoms with Gasteiger partial charge in [0, 0.05) is 19.7 Å². The molecule has 0 spiro atoms. The van der Waals surface area contributed by atoms with E-state index in [9.17, 15) is 5.11 Å². The van der Waals surface area contributed by atoms with Gasteiger partial charge in [-0.05, 0) is 37.8 Å². The lowest BCUT2D eigenvalue weighted by Crippen LogP contribution is -2.37. The summed E-state index contributed by atoms with van der Waals surface area (Å²) >= 11 is 0. The van der Waals surface area contributed by atoms with E-state index in [0.29, 0.717) is 25.3 Å². The Hall–Kier alpha value is -1.10. The molecule has 0 radical (unpaired) electrons. The molecule has 1 aromatic carbocycles. The summed E-state index contributed by atoms with van der Waals surface area (Å²) in [5.74, 6) is 0.840. The second-order valence-electron chi connectivity index (χ2n) is 5.51. The van der Waals surface area contributed by atoms with Crippen molar-refractivity contribution in [3.63, 3.8) is 0 Å². The van der Waals surface area contributed by atoms with Crippen LogP contribution in [0.15, 0.2) is 24.3 Å². The number of hydrogen-bond acceptors (Lipinski definition) is 4. The fourth-order valence-electron chi connectivity index (χ4n) is 2.61. The quantitative estimate of drug-likeness (QED) is 0.800. The molecule has 1 saturated carbocycles. The number of ether oxygens (including phenoxy) is 2. The maximum absolute atomic E-state index is 9.97. The normalized spacial score (nSPS) is 23.8.